The fraction of sp³-hybridized carbons (Fsp3) is 0.368. The average molecular weight is 396 g/mol. The van der Waals surface area contributed by atoms with Crippen molar-refractivity contribution >= 4 is 23.4 Å². The van der Waals surface area contributed by atoms with Crippen LogP contribution in [-0.2, 0) is 14.3 Å². The summed E-state index contributed by atoms with van der Waals surface area (Å²) in [6, 6.07) is 2.61. The van der Waals surface area contributed by atoms with E-state index in [0.29, 0.717) is 29.9 Å². The molecule has 3 N–H and O–H groups in total. The molecule has 10 nitrogen and oxygen atoms in total. The van der Waals surface area contributed by atoms with E-state index in [2.05, 4.69) is 25.6 Å². The Bertz CT molecular complexity index is 950. The number of carbonyl (C=O) groups excluding carboxylic acids is 1. The summed E-state index contributed by atoms with van der Waals surface area (Å²) in [5, 5.41) is 23.7. The molecule has 0 bridgehead atoms. The molecule has 10 heteroatoms. The van der Waals surface area contributed by atoms with E-state index in [9.17, 15) is 14.9 Å². The molecule has 1 fully saturated rings. The van der Waals surface area contributed by atoms with E-state index in [-0.39, 0.29) is 29.3 Å². The molecule has 1 atom stereocenters. The van der Waals surface area contributed by atoms with Gasteiger partial charge in [-0.25, -0.2) is 9.97 Å². The summed E-state index contributed by atoms with van der Waals surface area (Å²) < 4.78 is 5.17. The summed E-state index contributed by atoms with van der Waals surface area (Å²) in [5.74, 6) is -0.926. The number of anilines is 2. The maximum atomic E-state index is 12.2. The number of hydrogen-bond acceptors (Lipinski definition) is 8. The first kappa shape index (κ1) is 20.2. The molecule has 2 heterocycles. The van der Waals surface area contributed by atoms with Crippen LogP contribution in [0.4, 0.5) is 11.5 Å². The number of rotatable bonds is 7. The van der Waals surface area contributed by atoms with Gasteiger partial charge in [0.05, 0.1) is 29.9 Å². The van der Waals surface area contributed by atoms with Crippen molar-refractivity contribution in [2.75, 3.05) is 17.7 Å². The van der Waals surface area contributed by atoms with E-state index in [4.69, 9.17) is 9.84 Å². The topological polar surface area (TPSA) is 150 Å². The largest absolute Gasteiger partial charge is 0.480 e. The normalized spacial score (nSPS) is 18.8. The van der Waals surface area contributed by atoms with Gasteiger partial charge < -0.3 is 20.5 Å². The Hall–Kier alpha value is -3.58. The number of methoxy groups -OCH3 is 1. The lowest BCUT2D eigenvalue weighted by atomic mass is 9.81. The maximum absolute atomic E-state index is 12.2. The molecule has 0 unspecified atom stereocenters. The zero-order valence-corrected chi connectivity index (χ0v) is 15.9. The number of nitrogens with zero attached hydrogens (tertiary/aromatic N) is 4. The van der Waals surface area contributed by atoms with Crippen LogP contribution in [0.3, 0.4) is 0 Å². The number of ether oxygens (including phenoxy) is 1. The fourth-order valence-corrected chi connectivity index (χ4v) is 2.84. The smallest absolute Gasteiger partial charge is 0.325 e. The van der Waals surface area contributed by atoms with Crippen LogP contribution in [0.1, 0.15) is 25.5 Å². The van der Waals surface area contributed by atoms with Crippen molar-refractivity contribution < 1.29 is 19.4 Å². The monoisotopic (exact) mass is 396 g/mol. The quantitative estimate of drug-likeness (QED) is 0.634. The van der Waals surface area contributed by atoms with Gasteiger partial charge in [-0.1, -0.05) is 0 Å². The number of amides is 1. The van der Waals surface area contributed by atoms with Gasteiger partial charge in [0.2, 0.25) is 5.91 Å². The van der Waals surface area contributed by atoms with Crippen molar-refractivity contribution in [1.82, 2.24) is 15.0 Å². The first-order chi connectivity index (χ1) is 13.9. The molecule has 2 aromatic rings. The Balaban J connectivity index is 1.71. The molecule has 0 aliphatic heterocycles. The average Bonchev–Trinajstić information content (AvgIpc) is 2.67. The second kappa shape index (κ2) is 8.62. The Morgan fingerprint density at radius 3 is 2.62 bits per heavy atom. The van der Waals surface area contributed by atoms with Gasteiger partial charge in [-0.3, -0.25) is 14.6 Å². The third kappa shape index (κ3) is 4.64. The van der Waals surface area contributed by atoms with Crippen molar-refractivity contribution in [3.05, 3.63) is 30.4 Å². The first-order valence-electron chi connectivity index (χ1n) is 8.96. The Labute approximate surface area is 167 Å². The van der Waals surface area contributed by atoms with Crippen LogP contribution in [0.5, 0.6) is 0 Å². The number of aliphatic carboxylic acids is 1. The van der Waals surface area contributed by atoms with Crippen LogP contribution in [-0.4, -0.2) is 51.2 Å². The summed E-state index contributed by atoms with van der Waals surface area (Å²) in [5.41, 5.74) is 1.39. The molecule has 0 radical (unpaired) electrons. The zero-order valence-electron chi connectivity index (χ0n) is 15.9. The van der Waals surface area contributed by atoms with Gasteiger partial charge >= 0.3 is 5.97 Å². The van der Waals surface area contributed by atoms with E-state index in [0.717, 1.165) is 0 Å². The van der Waals surface area contributed by atoms with Gasteiger partial charge in [-0.15, -0.1) is 0 Å². The lowest BCUT2D eigenvalue weighted by Crippen LogP contribution is -2.38. The molecule has 0 spiro atoms. The standard InChI is InChI=1S/C19H20N6O4/c1-10(19(27)28)24-14-5-12(7-21-15(14)6-20)16-8-23-17(9-22-16)25-18(26)11-3-13(4-11)29-2/h5,7-11,13,24H,3-4H2,1-2H3,(H,27,28)(H,23,25,26)/t10-,11?,13?/m0/s1. The molecule has 29 heavy (non-hydrogen) atoms. The van der Waals surface area contributed by atoms with Crippen molar-refractivity contribution in [3.8, 4) is 17.3 Å². The zero-order chi connectivity index (χ0) is 21.0. The second-order valence-electron chi connectivity index (χ2n) is 6.74. The summed E-state index contributed by atoms with van der Waals surface area (Å²) in [7, 11) is 1.63. The molecule has 1 amide bonds. The van der Waals surface area contributed by atoms with Crippen molar-refractivity contribution in [1.29, 1.82) is 5.26 Å². The number of pyridine rings is 1. The molecule has 1 aliphatic rings. The lowest BCUT2D eigenvalue weighted by molar-refractivity contribution is -0.137. The van der Waals surface area contributed by atoms with Gasteiger partial charge in [0.1, 0.15) is 12.1 Å². The number of hydrogen-bond donors (Lipinski definition) is 3. The Morgan fingerprint density at radius 1 is 1.28 bits per heavy atom. The minimum absolute atomic E-state index is 0.0774. The summed E-state index contributed by atoms with van der Waals surface area (Å²) in [6.07, 6.45) is 5.88. The Kier molecular flexibility index (Phi) is 5.99. The SMILES string of the molecule is COC1CC(C(=O)Nc2cnc(-c3cnc(C#N)c(N[C@@H](C)C(=O)O)c3)cn2)C1. The third-order valence-corrected chi connectivity index (χ3v) is 4.73. The molecule has 1 aliphatic carbocycles. The highest BCUT2D eigenvalue weighted by Gasteiger charge is 2.34. The van der Waals surface area contributed by atoms with Crippen molar-refractivity contribution in [2.24, 2.45) is 5.92 Å². The molecule has 150 valence electrons. The first-order valence-corrected chi connectivity index (χ1v) is 8.96. The van der Waals surface area contributed by atoms with E-state index in [1.165, 1.54) is 25.5 Å². The Morgan fingerprint density at radius 2 is 2.03 bits per heavy atom. The van der Waals surface area contributed by atoms with E-state index >= 15 is 0 Å². The minimum Gasteiger partial charge on any atom is -0.480 e. The van der Waals surface area contributed by atoms with Gasteiger partial charge in [0, 0.05) is 24.8 Å². The minimum atomic E-state index is -1.05. The van der Waals surface area contributed by atoms with Gasteiger partial charge in [-0.05, 0) is 25.8 Å². The summed E-state index contributed by atoms with van der Waals surface area (Å²) in [4.78, 5) is 35.7. The number of nitriles is 1. The van der Waals surface area contributed by atoms with Crippen molar-refractivity contribution in [2.45, 2.75) is 31.9 Å². The van der Waals surface area contributed by atoms with Gasteiger partial charge in [0.15, 0.2) is 11.5 Å². The highest BCUT2D eigenvalue weighted by atomic mass is 16.5. The molecule has 2 aromatic heterocycles. The highest BCUT2D eigenvalue weighted by Crippen LogP contribution is 2.30. The van der Waals surface area contributed by atoms with Gasteiger partial charge in [-0.2, -0.15) is 5.26 Å². The third-order valence-electron chi connectivity index (χ3n) is 4.73. The van der Waals surface area contributed by atoms with Crippen LogP contribution in [0.25, 0.3) is 11.3 Å². The van der Waals surface area contributed by atoms with Crippen molar-refractivity contribution in [3.63, 3.8) is 0 Å². The molecular formula is C19H20N6O4. The van der Waals surface area contributed by atoms with Crippen LogP contribution in [0, 0.1) is 17.2 Å². The van der Waals surface area contributed by atoms with Crippen LogP contribution in [0.2, 0.25) is 0 Å². The van der Waals surface area contributed by atoms with Gasteiger partial charge in [0.25, 0.3) is 0 Å². The second-order valence-corrected chi connectivity index (χ2v) is 6.74. The molecule has 0 aromatic carbocycles. The van der Waals surface area contributed by atoms with E-state index < -0.39 is 12.0 Å². The lowest BCUT2D eigenvalue weighted by Gasteiger charge is -2.32. The van der Waals surface area contributed by atoms with Crippen LogP contribution >= 0.6 is 0 Å². The number of carboxylic acids is 1. The summed E-state index contributed by atoms with van der Waals surface area (Å²) in [6.45, 7) is 1.46. The number of carboxylic acid groups (broad SMARTS) is 1. The molecule has 3 rings (SSSR count). The van der Waals surface area contributed by atoms with Crippen LogP contribution < -0.4 is 10.6 Å². The van der Waals surface area contributed by atoms with E-state index in [1.54, 1.807) is 13.2 Å². The fourth-order valence-electron chi connectivity index (χ4n) is 2.84. The maximum Gasteiger partial charge on any atom is 0.325 e. The van der Waals surface area contributed by atoms with Crippen LogP contribution in [0.15, 0.2) is 24.7 Å². The number of carbonyl (C=O) groups is 2. The predicted molar refractivity (Wildman–Crippen MR) is 103 cm³/mol. The highest BCUT2D eigenvalue weighted by molar-refractivity contribution is 5.92. The molecular weight excluding hydrogens is 376 g/mol. The molecule has 1 saturated carbocycles. The molecule has 0 saturated heterocycles. The number of nitrogens with one attached hydrogen (secondary N) is 2. The van der Waals surface area contributed by atoms with E-state index in [1.807, 2.05) is 6.07 Å². The number of aromatic nitrogens is 3. The summed E-state index contributed by atoms with van der Waals surface area (Å²) >= 11 is 0. The predicted octanol–water partition coefficient (Wildman–Crippen LogP) is 1.66.